The molecular weight excluding hydrogens is 510 g/mol. The Hall–Kier alpha value is -4.09. The number of rotatable bonds is 7. The molecule has 2 aromatic heterocycles. The zero-order chi connectivity index (χ0) is 26.2. The molecule has 3 N–H and O–H groups in total. The topological polar surface area (TPSA) is 109 Å². The summed E-state index contributed by atoms with van der Waals surface area (Å²) in [4.78, 5) is 6.54. The average molecular weight is 536 g/mol. The predicted molar refractivity (Wildman–Crippen MR) is 147 cm³/mol. The van der Waals surface area contributed by atoms with Crippen LogP contribution in [0.5, 0.6) is 11.5 Å². The first kappa shape index (κ1) is 24.6. The summed E-state index contributed by atoms with van der Waals surface area (Å²) in [5, 5.41) is 13.7. The number of pyridine rings is 1. The summed E-state index contributed by atoms with van der Waals surface area (Å²) in [5.74, 6) is 0.566. The van der Waals surface area contributed by atoms with Crippen molar-refractivity contribution in [2.24, 2.45) is 0 Å². The number of anilines is 2. The Morgan fingerprint density at radius 1 is 1.05 bits per heavy atom. The average Bonchev–Trinajstić information content (AvgIpc) is 3.48. The van der Waals surface area contributed by atoms with Crippen LogP contribution in [0.2, 0.25) is 0 Å². The molecular formula is C26H25N5O4S2. The number of sulfonamides is 1. The number of aromatic nitrogens is 2. The van der Waals surface area contributed by atoms with E-state index in [4.69, 9.17) is 17.0 Å². The molecule has 5 rings (SSSR count). The number of phenols is 1. The molecule has 2 atom stereocenters. The molecule has 1 aliphatic rings. The van der Waals surface area contributed by atoms with Crippen LogP contribution in [-0.4, -0.2) is 41.6 Å². The quantitative estimate of drug-likeness (QED) is 0.303. The second-order valence-electron chi connectivity index (χ2n) is 8.57. The van der Waals surface area contributed by atoms with E-state index in [0.29, 0.717) is 22.2 Å². The van der Waals surface area contributed by atoms with Crippen LogP contribution < -0.4 is 19.7 Å². The Labute approximate surface area is 220 Å². The van der Waals surface area contributed by atoms with Crippen molar-refractivity contribution < 1.29 is 18.3 Å². The summed E-state index contributed by atoms with van der Waals surface area (Å²) < 4.78 is 34.0. The highest BCUT2D eigenvalue weighted by molar-refractivity contribution is 7.92. The minimum absolute atomic E-state index is 0.179. The van der Waals surface area contributed by atoms with Gasteiger partial charge in [0.05, 0.1) is 30.8 Å². The Morgan fingerprint density at radius 3 is 2.49 bits per heavy atom. The summed E-state index contributed by atoms with van der Waals surface area (Å²) in [6.45, 7) is 0. The van der Waals surface area contributed by atoms with Crippen molar-refractivity contribution in [3.63, 3.8) is 0 Å². The van der Waals surface area contributed by atoms with Gasteiger partial charge >= 0.3 is 0 Å². The van der Waals surface area contributed by atoms with Crippen molar-refractivity contribution in [1.82, 2.24) is 14.9 Å². The van der Waals surface area contributed by atoms with Crippen LogP contribution in [0.3, 0.4) is 0 Å². The van der Waals surface area contributed by atoms with E-state index >= 15 is 0 Å². The number of hydrogen-bond donors (Lipinski definition) is 3. The number of nitrogens with one attached hydrogen (secondary N) is 2. The summed E-state index contributed by atoms with van der Waals surface area (Å²) in [5.41, 5.74) is 3.57. The second kappa shape index (κ2) is 9.75. The van der Waals surface area contributed by atoms with Crippen LogP contribution in [-0.2, 0) is 10.0 Å². The normalized spacial score (nSPS) is 17.5. The molecule has 0 bridgehead atoms. The molecule has 37 heavy (non-hydrogen) atoms. The first-order valence-electron chi connectivity index (χ1n) is 11.4. The molecule has 0 radical (unpaired) electrons. The largest absolute Gasteiger partial charge is 0.508 e. The van der Waals surface area contributed by atoms with Gasteiger partial charge in [0.1, 0.15) is 17.5 Å². The molecule has 1 aliphatic heterocycles. The molecule has 0 amide bonds. The van der Waals surface area contributed by atoms with Crippen LogP contribution in [0.1, 0.15) is 23.5 Å². The molecule has 4 aromatic rings. The van der Waals surface area contributed by atoms with Gasteiger partial charge in [-0.05, 0) is 78.9 Å². The smallest absolute Gasteiger partial charge is 0.229 e. The number of aromatic hydroxyl groups is 1. The predicted octanol–water partition coefficient (Wildman–Crippen LogP) is 4.14. The fourth-order valence-corrected chi connectivity index (χ4v) is 5.45. The van der Waals surface area contributed by atoms with Crippen LogP contribution in [0.25, 0.3) is 5.69 Å². The zero-order valence-electron chi connectivity index (χ0n) is 20.1. The third-order valence-electron chi connectivity index (χ3n) is 6.07. The number of hydrogen-bond acceptors (Lipinski definition) is 6. The lowest BCUT2D eigenvalue weighted by Crippen LogP contribution is -2.30. The molecule has 2 aromatic carbocycles. The van der Waals surface area contributed by atoms with Gasteiger partial charge in [-0.2, -0.15) is 0 Å². The maximum Gasteiger partial charge on any atom is 0.229 e. The molecule has 190 valence electrons. The third-order valence-corrected chi connectivity index (χ3v) is 6.97. The molecule has 3 heterocycles. The second-order valence-corrected chi connectivity index (χ2v) is 10.7. The summed E-state index contributed by atoms with van der Waals surface area (Å²) in [6, 6.07) is 21.2. The monoisotopic (exact) mass is 535 g/mol. The van der Waals surface area contributed by atoms with E-state index in [1.165, 1.54) is 7.11 Å². The van der Waals surface area contributed by atoms with Gasteiger partial charge in [-0.25, -0.2) is 8.42 Å². The first-order valence-corrected chi connectivity index (χ1v) is 13.7. The number of benzene rings is 2. The van der Waals surface area contributed by atoms with Gasteiger partial charge < -0.3 is 24.6 Å². The fourth-order valence-electron chi connectivity index (χ4n) is 4.54. The maximum atomic E-state index is 12.0. The molecule has 1 fully saturated rings. The minimum atomic E-state index is -3.55. The summed E-state index contributed by atoms with van der Waals surface area (Å²) in [7, 11) is -2.07. The van der Waals surface area contributed by atoms with Crippen LogP contribution in [0, 0.1) is 0 Å². The lowest BCUT2D eigenvalue weighted by Gasteiger charge is -2.29. The first-order chi connectivity index (χ1) is 17.7. The van der Waals surface area contributed by atoms with Crippen molar-refractivity contribution in [3.8, 4) is 17.2 Å². The van der Waals surface area contributed by atoms with Crippen molar-refractivity contribution >= 4 is 38.7 Å². The van der Waals surface area contributed by atoms with Crippen molar-refractivity contribution in [3.05, 3.63) is 96.6 Å². The maximum absolute atomic E-state index is 12.0. The van der Waals surface area contributed by atoms with E-state index < -0.39 is 10.0 Å². The standard InChI is InChI=1S/C26H25N5O4S2/c1-35-23-13-10-18(16-21(23)29-37(2,33)34)31-25(24(28-26(31)36)20-6-3-4-14-27-20)22-7-5-15-30(22)17-8-11-19(32)12-9-17/h3-16,24-25,29,32H,1-2H3,(H,28,36)/t24-,25-/m0/s1. The van der Waals surface area contributed by atoms with Gasteiger partial charge in [-0.15, -0.1) is 0 Å². The van der Waals surface area contributed by atoms with Gasteiger partial charge in [0.15, 0.2) is 5.11 Å². The lowest BCUT2D eigenvalue weighted by molar-refractivity contribution is 0.417. The minimum Gasteiger partial charge on any atom is -0.508 e. The third kappa shape index (κ3) is 4.95. The van der Waals surface area contributed by atoms with Crippen molar-refractivity contribution in [2.75, 3.05) is 23.0 Å². The molecule has 11 heteroatoms. The highest BCUT2D eigenvalue weighted by Crippen LogP contribution is 2.44. The Balaban J connectivity index is 1.66. The van der Waals surface area contributed by atoms with Gasteiger partial charge in [-0.1, -0.05) is 6.07 Å². The van der Waals surface area contributed by atoms with Crippen LogP contribution >= 0.6 is 12.2 Å². The Morgan fingerprint density at radius 2 is 1.81 bits per heavy atom. The molecule has 0 unspecified atom stereocenters. The highest BCUT2D eigenvalue weighted by Gasteiger charge is 2.42. The number of ether oxygens (including phenoxy) is 1. The lowest BCUT2D eigenvalue weighted by atomic mass is 10.0. The van der Waals surface area contributed by atoms with E-state index in [0.717, 1.165) is 23.3 Å². The van der Waals surface area contributed by atoms with E-state index in [9.17, 15) is 13.5 Å². The summed E-state index contributed by atoms with van der Waals surface area (Å²) >= 11 is 5.82. The Bertz CT molecular complexity index is 1540. The van der Waals surface area contributed by atoms with Gasteiger partial charge in [0, 0.05) is 29.5 Å². The SMILES string of the molecule is COc1ccc(N2C(=S)N[C@@H](c3ccccn3)[C@@H]2c2cccn2-c2ccc(O)cc2)cc1NS(C)(=O)=O. The number of nitrogens with zero attached hydrogens (tertiary/aromatic N) is 3. The number of phenolic OH excluding ortho intramolecular Hbond substituents is 1. The Kier molecular flexibility index (Phi) is 6.48. The van der Waals surface area contributed by atoms with E-state index in [2.05, 4.69) is 15.0 Å². The fraction of sp³-hybridized carbons (Fsp3) is 0.154. The molecule has 0 spiro atoms. The van der Waals surface area contributed by atoms with E-state index in [1.807, 2.05) is 64.2 Å². The van der Waals surface area contributed by atoms with E-state index in [-0.39, 0.29) is 17.8 Å². The van der Waals surface area contributed by atoms with Crippen LogP contribution in [0.4, 0.5) is 11.4 Å². The van der Waals surface area contributed by atoms with E-state index in [1.54, 1.807) is 30.5 Å². The molecule has 0 saturated carbocycles. The van der Waals surface area contributed by atoms with Crippen molar-refractivity contribution in [1.29, 1.82) is 0 Å². The van der Waals surface area contributed by atoms with Crippen LogP contribution in [0.15, 0.2) is 85.2 Å². The molecule has 1 saturated heterocycles. The molecule has 9 nitrogen and oxygen atoms in total. The molecule has 0 aliphatic carbocycles. The number of methoxy groups -OCH3 is 1. The van der Waals surface area contributed by atoms with Crippen molar-refractivity contribution in [2.45, 2.75) is 12.1 Å². The number of thiocarbonyl (C=S) groups is 1. The zero-order valence-corrected chi connectivity index (χ0v) is 21.7. The summed E-state index contributed by atoms with van der Waals surface area (Å²) in [6.07, 6.45) is 4.77. The van der Waals surface area contributed by atoms with Gasteiger partial charge in [-0.3, -0.25) is 9.71 Å². The highest BCUT2D eigenvalue weighted by atomic mass is 32.2. The van der Waals surface area contributed by atoms with Gasteiger partial charge in [0.25, 0.3) is 0 Å². The van der Waals surface area contributed by atoms with Gasteiger partial charge in [0.2, 0.25) is 10.0 Å².